The molecule has 0 aliphatic carbocycles. The molecule has 0 fully saturated rings. The highest BCUT2D eigenvalue weighted by Gasteiger charge is 1.93. The summed E-state index contributed by atoms with van der Waals surface area (Å²) in [6.07, 6.45) is 2.66. The highest BCUT2D eigenvalue weighted by molar-refractivity contribution is 9.09. The highest BCUT2D eigenvalue weighted by atomic mass is 79.9. The Balaban J connectivity index is 0. The first-order valence-electron chi connectivity index (χ1n) is 2.87. The van der Waals surface area contributed by atoms with E-state index in [1.54, 1.807) is 0 Å². The predicted molar refractivity (Wildman–Crippen MR) is 46.4 cm³/mol. The minimum Gasteiger partial charge on any atom is -0.0925 e. The third-order valence-corrected chi connectivity index (χ3v) is 2.15. The van der Waals surface area contributed by atoms with E-state index in [1.165, 1.54) is 12.8 Å². The third-order valence-electron chi connectivity index (χ3n) is 1.04. The van der Waals surface area contributed by atoms with Crippen LogP contribution in [0.2, 0.25) is 0 Å². The molecule has 0 aliphatic heterocycles. The van der Waals surface area contributed by atoms with Crippen LogP contribution in [0.1, 0.15) is 26.7 Å². The molecule has 0 bridgehead atoms. The van der Waals surface area contributed by atoms with Crippen molar-refractivity contribution in [3.05, 3.63) is 0 Å². The van der Waals surface area contributed by atoms with Crippen molar-refractivity contribution < 1.29 is 0 Å². The molecule has 0 nitrogen and oxygen atoms in total. The quantitative estimate of drug-likeness (QED) is 0.472. The molecule has 0 radical (unpaired) electrons. The summed E-state index contributed by atoms with van der Waals surface area (Å²) < 4.78 is 0. The zero-order valence-electron chi connectivity index (χ0n) is 5.08. The van der Waals surface area contributed by atoms with Gasteiger partial charge in [0.2, 0.25) is 0 Å². The molecule has 0 aromatic heterocycles. The second-order valence-corrected chi connectivity index (χ2v) is 2.70. The number of rotatable bonds is 3. The van der Waals surface area contributed by atoms with Crippen molar-refractivity contribution in [2.75, 3.05) is 5.33 Å². The standard InChI is InChI=1S/C6H13Br.Mg.2H/c1-3-4-6(2)5-7;;;/h6H,3-5H2,1-2H3;;;. The highest BCUT2D eigenvalue weighted by Crippen LogP contribution is 2.06. The summed E-state index contributed by atoms with van der Waals surface area (Å²) in [5, 5.41) is 1.15. The lowest BCUT2D eigenvalue weighted by atomic mass is 10.1. The molecule has 0 saturated heterocycles. The Labute approximate surface area is 76.7 Å². The number of hydrogen-bond acceptors (Lipinski definition) is 0. The van der Waals surface area contributed by atoms with Crippen LogP contribution in [0.3, 0.4) is 0 Å². The lowest BCUT2D eigenvalue weighted by Crippen LogP contribution is -1.92. The molecule has 2 heteroatoms. The van der Waals surface area contributed by atoms with Gasteiger partial charge in [-0.3, -0.25) is 0 Å². The molecule has 8 heavy (non-hydrogen) atoms. The molecule has 0 amide bonds. The van der Waals surface area contributed by atoms with Crippen molar-refractivity contribution in [2.45, 2.75) is 26.7 Å². The van der Waals surface area contributed by atoms with Crippen molar-refractivity contribution in [3.8, 4) is 0 Å². The van der Waals surface area contributed by atoms with Crippen LogP contribution in [0.4, 0.5) is 0 Å². The molecule has 1 atom stereocenters. The van der Waals surface area contributed by atoms with E-state index in [0.717, 1.165) is 11.2 Å². The molecular formula is C6H15BrMg. The molecule has 0 rings (SSSR count). The van der Waals surface area contributed by atoms with E-state index in [-0.39, 0.29) is 23.1 Å². The summed E-state index contributed by atoms with van der Waals surface area (Å²) in [5.74, 6) is 0.866. The molecule has 0 spiro atoms. The smallest absolute Gasteiger partial charge is 0.0925 e. The lowest BCUT2D eigenvalue weighted by molar-refractivity contribution is 0.588. The molecule has 0 aromatic carbocycles. The molecule has 0 aromatic rings. The summed E-state index contributed by atoms with van der Waals surface area (Å²) in [4.78, 5) is 0. The first-order chi connectivity index (χ1) is 3.31. The Morgan fingerprint density at radius 2 is 2.00 bits per heavy atom. The van der Waals surface area contributed by atoms with Gasteiger partial charge in [0.1, 0.15) is 0 Å². The van der Waals surface area contributed by atoms with Gasteiger partial charge in [-0.25, -0.2) is 0 Å². The summed E-state index contributed by atoms with van der Waals surface area (Å²) in [6, 6.07) is 0. The topological polar surface area (TPSA) is 0 Å². The molecule has 48 valence electrons. The number of halogens is 1. The fourth-order valence-electron chi connectivity index (χ4n) is 0.570. The maximum atomic E-state index is 3.42. The van der Waals surface area contributed by atoms with Gasteiger partial charge >= 0.3 is 23.1 Å². The van der Waals surface area contributed by atoms with Crippen LogP contribution in [-0.4, -0.2) is 28.4 Å². The van der Waals surface area contributed by atoms with Crippen molar-refractivity contribution in [2.24, 2.45) is 5.92 Å². The first kappa shape index (κ1) is 12.0. The van der Waals surface area contributed by atoms with Gasteiger partial charge < -0.3 is 0 Å². The summed E-state index contributed by atoms with van der Waals surface area (Å²) in [6.45, 7) is 4.48. The van der Waals surface area contributed by atoms with Crippen LogP contribution in [0.25, 0.3) is 0 Å². The predicted octanol–water partition coefficient (Wildman–Crippen LogP) is 1.90. The Morgan fingerprint density at radius 1 is 1.50 bits per heavy atom. The van der Waals surface area contributed by atoms with Gasteiger partial charge in [0.15, 0.2) is 0 Å². The fraction of sp³-hybridized carbons (Fsp3) is 1.00. The monoisotopic (exact) mass is 190 g/mol. The van der Waals surface area contributed by atoms with Gasteiger partial charge in [0.05, 0.1) is 0 Å². The summed E-state index contributed by atoms with van der Waals surface area (Å²) >= 11 is 3.42. The maximum absolute atomic E-state index is 3.42. The second-order valence-electron chi connectivity index (χ2n) is 2.05. The SMILES string of the molecule is CCCC(C)CBr.[MgH2]. The molecule has 0 saturated carbocycles. The van der Waals surface area contributed by atoms with Gasteiger partial charge in [-0.2, -0.15) is 0 Å². The number of alkyl halides is 1. The van der Waals surface area contributed by atoms with Gasteiger partial charge in [-0.1, -0.05) is 42.6 Å². The van der Waals surface area contributed by atoms with Crippen LogP contribution in [0, 0.1) is 5.92 Å². The van der Waals surface area contributed by atoms with E-state index < -0.39 is 0 Å². The fourth-order valence-corrected chi connectivity index (χ4v) is 0.894. The summed E-state index contributed by atoms with van der Waals surface area (Å²) in [5.41, 5.74) is 0. The largest absolute Gasteiger partial charge is 0.316 e. The van der Waals surface area contributed by atoms with Crippen molar-refractivity contribution in [1.29, 1.82) is 0 Å². The zero-order valence-corrected chi connectivity index (χ0v) is 6.66. The van der Waals surface area contributed by atoms with Gasteiger partial charge in [0.25, 0.3) is 0 Å². The van der Waals surface area contributed by atoms with Crippen molar-refractivity contribution in [3.63, 3.8) is 0 Å². The molecule has 1 unspecified atom stereocenters. The Morgan fingerprint density at radius 3 is 2.12 bits per heavy atom. The van der Waals surface area contributed by atoms with Crippen LogP contribution in [0.15, 0.2) is 0 Å². The molecule has 0 N–H and O–H groups in total. The molecule has 0 aliphatic rings. The second kappa shape index (κ2) is 8.25. The van der Waals surface area contributed by atoms with E-state index in [9.17, 15) is 0 Å². The van der Waals surface area contributed by atoms with E-state index in [1.807, 2.05) is 0 Å². The molecular weight excluding hydrogens is 176 g/mol. The van der Waals surface area contributed by atoms with Crippen molar-refractivity contribution in [1.82, 2.24) is 0 Å². The third kappa shape index (κ3) is 7.25. The Kier molecular flexibility index (Phi) is 12.3. The van der Waals surface area contributed by atoms with Crippen LogP contribution < -0.4 is 0 Å². The average molecular weight is 191 g/mol. The average Bonchev–Trinajstić information content (AvgIpc) is 1.68. The zero-order chi connectivity index (χ0) is 5.70. The van der Waals surface area contributed by atoms with Crippen molar-refractivity contribution >= 4 is 39.0 Å². The maximum Gasteiger partial charge on any atom is 0.316 e. The van der Waals surface area contributed by atoms with Crippen LogP contribution in [0.5, 0.6) is 0 Å². The number of hydrogen-bond donors (Lipinski definition) is 0. The Hall–Kier alpha value is 1.25. The summed E-state index contributed by atoms with van der Waals surface area (Å²) in [7, 11) is 0. The van der Waals surface area contributed by atoms with E-state index in [0.29, 0.717) is 0 Å². The normalized spacial score (nSPS) is 12.4. The van der Waals surface area contributed by atoms with Gasteiger partial charge in [-0.05, 0) is 5.92 Å². The molecule has 0 heterocycles. The van der Waals surface area contributed by atoms with E-state index >= 15 is 0 Å². The van der Waals surface area contributed by atoms with E-state index in [2.05, 4.69) is 29.8 Å². The van der Waals surface area contributed by atoms with E-state index in [4.69, 9.17) is 0 Å². The first-order valence-corrected chi connectivity index (χ1v) is 3.99. The van der Waals surface area contributed by atoms with Gasteiger partial charge in [0, 0.05) is 5.33 Å². The van der Waals surface area contributed by atoms with Gasteiger partial charge in [-0.15, -0.1) is 0 Å². The van der Waals surface area contributed by atoms with Crippen LogP contribution in [-0.2, 0) is 0 Å². The lowest BCUT2D eigenvalue weighted by Gasteiger charge is -2.01. The Bertz CT molecular complexity index is 39.5. The minimum absolute atomic E-state index is 0. The van der Waals surface area contributed by atoms with Crippen LogP contribution >= 0.6 is 15.9 Å². The minimum atomic E-state index is 0.